The molecule has 0 fully saturated rings. The highest BCUT2D eigenvalue weighted by atomic mass is 16.6. The third-order valence-corrected chi connectivity index (χ3v) is 12.0. The van der Waals surface area contributed by atoms with Crippen LogP contribution < -0.4 is 0 Å². The van der Waals surface area contributed by atoms with E-state index in [1.165, 1.54) is 154 Å². The van der Waals surface area contributed by atoms with Gasteiger partial charge in [0.2, 0.25) is 0 Å². The predicted molar refractivity (Wildman–Crippen MR) is 275 cm³/mol. The second-order valence-corrected chi connectivity index (χ2v) is 18.5. The zero-order valence-corrected chi connectivity index (χ0v) is 42.6. The lowest BCUT2D eigenvalue weighted by molar-refractivity contribution is -0.167. The van der Waals surface area contributed by atoms with E-state index in [0.717, 1.165) is 89.9 Å². The molecule has 1 atom stereocenters. The van der Waals surface area contributed by atoms with Crippen LogP contribution in [0.15, 0.2) is 48.6 Å². The van der Waals surface area contributed by atoms with Crippen LogP contribution in [-0.2, 0) is 28.6 Å². The molecule has 0 heterocycles. The molecule has 0 amide bonds. The van der Waals surface area contributed by atoms with E-state index in [1.54, 1.807) is 0 Å². The number of carbonyl (C=O) groups excluding carboxylic acids is 3. The lowest BCUT2D eigenvalue weighted by Gasteiger charge is -2.18. The Hall–Kier alpha value is -2.63. The number of rotatable bonds is 50. The summed E-state index contributed by atoms with van der Waals surface area (Å²) in [6, 6.07) is 0. The van der Waals surface area contributed by atoms with E-state index in [0.29, 0.717) is 19.3 Å². The van der Waals surface area contributed by atoms with Gasteiger partial charge in [0.05, 0.1) is 0 Å². The maximum absolute atomic E-state index is 12.8. The standard InChI is InChI=1S/C58H104O6/c1-4-7-10-13-16-19-22-25-27-28-29-30-32-33-36-39-42-45-48-51-57(60)63-54-55(53-62-56(59)50-47-44-41-38-35-24-21-18-15-12-9-6-3)64-58(61)52-49-46-43-40-37-34-31-26-23-20-17-14-11-8-5-2/h17-18,20-21,26,28-29,31,55H,4-16,19,22-25,27,30,32-54H2,1-3H3/b20-17-,21-18-,29-28-,31-26-/t55-/m1/s1. The van der Waals surface area contributed by atoms with Gasteiger partial charge < -0.3 is 14.2 Å². The van der Waals surface area contributed by atoms with Crippen LogP contribution in [-0.4, -0.2) is 37.2 Å². The average Bonchev–Trinajstić information content (AvgIpc) is 3.29. The van der Waals surface area contributed by atoms with Crippen LogP contribution in [0.5, 0.6) is 0 Å². The first-order valence-corrected chi connectivity index (χ1v) is 27.6. The predicted octanol–water partition coefficient (Wildman–Crippen LogP) is 18.3. The summed E-state index contributed by atoms with van der Waals surface area (Å²) in [6.07, 6.45) is 63.8. The summed E-state index contributed by atoms with van der Waals surface area (Å²) in [4.78, 5) is 38.0. The minimum absolute atomic E-state index is 0.0827. The van der Waals surface area contributed by atoms with Crippen LogP contribution >= 0.6 is 0 Å². The molecule has 0 aliphatic heterocycles. The van der Waals surface area contributed by atoms with Gasteiger partial charge in [-0.15, -0.1) is 0 Å². The van der Waals surface area contributed by atoms with Crippen LogP contribution in [0.3, 0.4) is 0 Å². The maximum atomic E-state index is 12.8. The van der Waals surface area contributed by atoms with Gasteiger partial charge in [-0.2, -0.15) is 0 Å². The number of unbranched alkanes of at least 4 members (excludes halogenated alkanes) is 31. The fourth-order valence-corrected chi connectivity index (χ4v) is 7.81. The monoisotopic (exact) mass is 897 g/mol. The van der Waals surface area contributed by atoms with Gasteiger partial charge in [-0.25, -0.2) is 0 Å². The van der Waals surface area contributed by atoms with Crippen molar-refractivity contribution in [2.24, 2.45) is 0 Å². The molecule has 0 bridgehead atoms. The Balaban J connectivity index is 4.36. The van der Waals surface area contributed by atoms with Gasteiger partial charge in [-0.3, -0.25) is 14.4 Å². The highest BCUT2D eigenvalue weighted by Gasteiger charge is 2.19. The minimum Gasteiger partial charge on any atom is -0.462 e. The molecule has 0 aromatic carbocycles. The molecule has 64 heavy (non-hydrogen) atoms. The van der Waals surface area contributed by atoms with Gasteiger partial charge in [0.25, 0.3) is 0 Å². The molecular weight excluding hydrogens is 793 g/mol. The first kappa shape index (κ1) is 61.4. The van der Waals surface area contributed by atoms with Gasteiger partial charge in [0.1, 0.15) is 13.2 Å². The molecule has 0 aromatic rings. The molecule has 372 valence electrons. The Morgan fingerprint density at radius 3 is 0.906 bits per heavy atom. The first-order valence-electron chi connectivity index (χ1n) is 27.6. The van der Waals surface area contributed by atoms with Crippen molar-refractivity contribution in [1.82, 2.24) is 0 Å². The number of ether oxygens (including phenoxy) is 3. The highest BCUT2D eigenvalue weighted by Crippen LogP contribution is 2.15. The normalized spacial score (nSPS) is 12.4. The molecule has 0 aliphatic rings. The number of hydrogen-bond acceptors (Lipinski definition) is 6. The lowest BCUT2D eigenvalue weighted by atomic mass is 10.1. The van der Waals surface area contributed by atoms with E-state index in [9.17, 15) is 14.4 Å². The van der Waals surface area contributed by atoms with Crippen LogP contribution in [0.1, 0.15) is 284 Å². The molecule has 0 radical (unpaired) electrons. The Morgan fingerprint density at radius 1 is 0.312 bits per heavy atom. The van der Waals surface area contributed by atoms with Crippen molar-refractivity contribution >= 4 is 17.9 Å². The molecule has 0 saturated heterocycles. The molecule has 0 aromatic heterocycles. The molecule has 0 unspecified atom stereocenters. The van der Waals surface area contributed by atoms with E-state index in [4.69, 9.17) is 14.2 Å². The molecule has 0 saturated carbocycles. The summed E-state index contributed by atoms with van der Waals surface area (Å²) < 4.78 is 16.8. The Bertz CT molecular complexity index is 1120. The summed E-state index contributed by atoms with van der Waals surface area (Å²) in [5.41, 5.74) is 0. The average molecular weight is 897 g/mol. The van der Waals surface area contributed by atoms with Gasteiger partial charge in [0.15, 0.2) is 6.10 Å². The second kappa shape index (κ2) is 53.0. The van der Waals surface area contributed by atoms with E-state index >= 15 is 0 Å². The van der Waals surface area contributed by atoms with Crippen LogP contribution in [0.4, 0.5) is 0 Å². The molecule has 0 aliphatic carbocycles. The largest absolute Gasteiger partial charge is 0.462 e. The number of hydrogen-bond donors (Lipinski definition) is 0. The smallest absolute Gasteiger partial charge is 0.306 e. The quantitative estimate of drug-likeness (QED) is 0.0262. The SMILES string of the molecule is CCCCC/C=C\C/C=C\CCCCCCCC(=O)O[C@H](COC(=O)CCCCCCC/C=C\CCCCC)COC(=O)CCCCCCCCC/C=C\CCCCCCCCCC. The molecule has 0 N–H and O–H groups in total. The van der Waals surface area contributed by atoms with Crippen LogP contribution in [0.2, 0.25) is 0 Å². The lowest BCUT2D eigenvalue weighted by Crippen LogP contribution is -2.30. The van der Waals surface area contributed by atoms with Crippen molar-refractivity contribution in [2.45, 2.75) is 290 Å². The van der Waals surface area contributed by atoms with E-state index < -0.39 is 6.10 Å². The molecule has 6 nitrogen and oxygen atoms in total. The molecule has 0 rings (SSSR count). The van der Waals surface area contributed by atoms with Crippen molar-refractivity contribution in [2.75, 3.05) is 13.2 Å². The van der Waals surface area contributed by atoms with Gasteiger partial charge >= 0.3 is 17.9 Å². The fourth-order valence-electron chi connectivity index (χ4n) is 7.81. The summed E-state index contributed by atoms with van der Waals surface area (Å²) in [7, 11) is 0. The number of esters is 3. The molecule has 6 heteroatoms. The third-order valence-electron chi connectivity index (χ3n) is 12.0. The fraction of sp³-hybridized carbons (Fsp3) is 0.810. The minimum atomic E-state index is -0.784. The Kier molecular flexibility index (Phi) is 50.8. The van der Waals surface area contributed by atoms with Crippen LogP contribution in [0, 0.1) is 0 Å². The zero-order valence-electron chi connectivity index (χ0n) is 42.6. The van der Waals surface area contributed by atoms with Crippen molar-refractivity contribution in [3.63, 3.8) is 0 Å². The maximum Gasteiger partial charge on any atom is 0.306 e. The summed E-state index contributed by atoms with van der Waals surface area (Å²) in [5, 5.41) is 0. The van der Waals surface area contributed by atoms with Gasteiger partial charge in [0, 0.05) is 19.3 Å². The van der Waals surface area contributed by atoms with Crippen LogP contribution in [0.25, 0.3) is 0 Å². The van der Waals surface area contributed by atoms with Crippen molar-refractivity contribution in [3.8, 4) is 0 Å². The van der Waals surface area contributed by atoms with Gasteiger partial charge in [-0.1, -0.05) is 211 Å². The van der Waals surface area contributed by atoms with Crippen molar-refractivity contribution in [3.05, 3.63) is 48.6 Å². The molecular formula is C58H104O6. The van der Waals surface area contributed by atoms with Crippen molar-refractivity contribution in [1.29, 1.82) is 0 Å². The van der Waals surface area contributed by atoms with E-state index in [-0.39, 0.29) is 31.1 Å². The van der Waals surface area contributed by atoms with Crippen molar-refractivity contribution < 1.29 is 28.6 Å². The summed E-state index contributed by atoms with van der Waals surface area (Å²) in [6.45, 7) is 6.59. The van der Waals surface area contributed by atoms with E-state index in [1.807, 2.05) is 0 Å². The highest BCUT2D eigenvalue weighted by molar-refractivity contribution is 5.71. The first-order chi connectivity index (χ1) is 31.5. The topological polar surface area (TPSA) is 78.9 Å². The second-order valence-electron chi connectivity index (χ2n) is 18.5. The van der Waals surface area contributed by atoms with E-state index in [2.05, 4.69) is 69.4 Å². The Morgan fingerprint density at radius 2 is 0.562 bits per heavy atom. The number of allylic oxidation sites excluding steroid dienone is 8. The number of carbonyl (C=O) groups is 3. The van der Waals surface area contributed by atoms with Gasteiger partial charge in [-0.05, 0) is 103 Å². The zero-order chi connectivity index (χ0) is 46.5. The third kappa shape index (κ3) is 50.4. The summed E-state index contributed by atoms with van der Waals surface area (Å²) >= 11 is 0. The molecule has 0 spiro atoms. The Labute approximate surface area is 397 Å². The summed E-state index contributed by atoms with van der Waals surface area (Å²) in [5.74, 6) is -0.901.